The van der Waals surface area contributed by atoms with E-state index in [-0.39, 0.29) is 6.15 Å². The minimum atomic E-state index is 0.250. The van der Waals surface area contributed by atoms with Crippen LogP contribution in [-0.2, 0) is 22.4 Å². The Bertz CT molecular complexity index is 1090. The van der Waals surface area contributed by atoms with Crippen molar-refractivity contribution in [3.05, 3.63) is 82.5 Å². The monoisotopic (exact) mass is 429 g/mol. The maximum Gasteiger partial charge on any atom is 0.373 e. The predicted octanol–water partition coefficient (Wildman–Crippen LogP) is 4.36. The molecule has 5 heteroatoms. The third kappa shape index (κ3) is 5.70. The predicted molar refractivity (Wildman–Crippen MR) is 128 cm³/mol. The second-order valence-corrected chi connectivity index (χ2v) is 8.63. The SMILES string of the molecule is Cc1ccc2c(c1)Cc1cc(Cc3ccccc3)nc(N(C)CCCN(C)C)c1-2.O=C=O. The van der Waals surface area contributed by atoms with Gasteiger partial charge in [-0.2, -0.15) is 9.59 Å². The minimum Gasteiger partial charge on any atom is -0.359 e. The third-order valence-electron chi connectivity index (χ3n) is 5.73. The molecule has 1 heterocycles. The number of fused-ring (bicyclic) bond motifs is 3. The molecule has 0 fully saturated rings. The molecule has 0 saturated carbocycles. The summed E-state index contributed by atoms with van der Waals surface area (Å²) < 4.78 is 0. The Balaban J connectivity index is 0.000000913. The zero-order valence-corrected chi connectivity index (χ0v) is 19.4. The topological polar surface area (TPSA) is 53.5 Å². The summed E-state index contributed by atoms with van der Waals surface area (Å²) in [4.78, 5) is 26.0. The van der Waals surface area contributed by atoms with Crippen LogP contribution in [0.5, 0.6) is 0 Å². The first-order valence-corrected chi connectivity index (χ1v) is 10.9. The summed E-state index contributed by atoms with van der Waals surface area (Å²) in [5, 5.41) is 0. The zero-order valence-electron chi connectivity index (χ0n) is 19.4. The molecule has 0 bridgehead atoms. The van der Waals surface area contributed by atoms with Crippen molar-refractivity contribution in [3.63, 3.8) is 0 Å². The van der Waals surface area contributed by atoms with E-state index in [2.05, 4.69) is 92.5 Å². The van der Waals surface area contributed by atoms with Crippen molar-refractivity contribution < 1.29 is 9.59 Å². The van der Waals surface area contributed by atoms with Crippen LogP contribution in [0.2, 0.25) is 0 Å². The fraction of sp³-hybridized carbons (Fsp3) is 0.333. The molecule has 0 unspecified atom stereocenters. The molecule has 0 atom stereocenters. The molecule has 0 N–H and O–H groups in total. The number of pyridine rings is 1. The molecular weight excluding hydrogens is 398 g/mol. The van der Waals surface area contributed by atoms with Gasteiger partial charge in [0.15, 0.2) is 0 Å². The molecule has 0 spiro atoms. The molecule has 0 radical (unpaired) electrons. The van der Waals surface area contributed by atoms with E-state index < -0.39 is 0 Å². The standard InChI is InChI=1S/C26H31N3.CO2/c1-19-11-12-24-21(15-19)17-22-18-23(16-20-9-6-5-7-10-20)27-26(25(22)24)29(4)14-8-13-28(2)3;2-1-3/h5-7,9-12,15,18H,8,13-14,16-17H2,1-4H3;. The van der Waals surface area contributed by atoms with Crippen LogP contribution < -0.4 is 4.90 Å². The van der Waals surface area contributed by atoms with E-state index in [0.29, 0.717) is 0 Å². The third-order valence-corrected chi connectivity index (χ3v) is 5.73. The molecule has 32 heavy (non-hydrogen) atoms. The lowest BCUT2D eigenvalue weighted by Gasteiger charge is -2.23. The summed E-state index contributed by atoms with van der Waals surface area (Å²) >= 11 is 0. The molecule has 2 aromatic carbocycles. The molecule has 0 aliphatic heterocycles. The summed E-state index contributed by atoms with van der Waals surface area (Å²) in [6, 6.07) is 19.8. The lowest BCUT2D eigenvalue weighted by molar-refractivity contribution is -0.191. The van der Waals surface area contributed by atoms with E-state index in [0.717, 1.165) is 43.9 Å². The maximum atomic E-state index is 8.12. The van der Waals surface area contributed by atoms with Gasteiger partial charge >= 0.3 is 6.15 Å². The molecular formula is C27H31N3O2. The fourth-order valence-electron chi connectivity index (χ4n) is 4.29. The summed E-state index contributed by atoms with van der Waals surface area (Å²) in [5.74, 6) is 1.13. The van der Waals surface area contributed by atoms with Gasteiger partial charge < -0.3 is 9.80 Å². The Morgan fingerprint density at radius 2 is 1.66 bits per heavy atom. The number of carbonyl (C=O) groups excluding carboxylic acids is 2. The smallest absolute Gasteiger partial charge is 0.359 e. The first-order valence-electron chi connectivity index (χ1n) is 10.9. The number of anilines is 1. The van der Waals surface area contributed by atoms with Crippen LogP contribution in [0.4, 0.5) is 5.82 Å². The van der Waals surface area contributed by atoms with E-state index >= 15 is 0 Å². The van der Waals surface area contributed by atoms with Crippen molar-refractivity contribution >= 4 is 12.0 Å². The van der Waals surface area contributed by atoms with E-state index in [1.54, 1.807) is 0 Å². The molecule has 4 rings (SSSR count). The quantitative estimate of drug-likeness (QED) is 0.437. The van der Waals surface area contributed by atoms with Gasteiger partial charge in [-0.15, -0.1) is 0 Å². The first-order chi connectivity index (χ1) is 15.4. The normalized spacial score (nSPS) is 11.3. The van der Waals surface area contributed by atoms with Crippen molar-refractivity contribution in [2.45, 2.75) is 26.2 Å². The minimum absolute atomic E-state index is 0.250. The zero-order chi connectivity index (χ0) is 23.1. The largest absolute Gasteiger partial charge is 0.373 e. The second-order valence-electron chi connectivity index (χ2n) is 8.63. The molecule has 0 amide bonds. The molecule has 3 aromatic rings. The molecule has 0 saturated heterocycles. The Hall–Kier alpha value is -3.27. The molecule has 1 aliphatic rings. The number of nitrogens with zero attached hydrogens (tertiary/aromatic N) is 3. The molecule has 1 aliphatic carbocycles. The highest BCUT2D eigenvalue weighted by Crippen LogP contribution is 2.42. The highest BCUT2D eigenvalue weighted by atomic mass is 16.2. The average Bonchev–Trinajstić information content (AvgIpc) is 3.11. The maximum absolute atomic E-state index is 8.12. The average molecular weight is 430 g/mol. The van der Waals surface area contributed by atoms with Crippen LogP contribution in [0.1, 0.15) is 34.4 Å². The van der Waals surface area contributed by atoms with Gasteiger partial charge in [-0.1, -0.05) is 54.1 Å². The lowest BCUT2D eigenvalue weighted by Crippen LogP contribution is -2.25. The summed E-state index contributed by atoms with van der Waals surface area (Å²) in [6.07, 6.45) is 3.26. The van der Waals surface area contributed by atoms with E-state index in [4.69, 9.17) is 14.6 Å². The highest BCUT2D eigenvalue weighted by molar-refractivity contribution is 5.85. The van der Waals surface area contributed by atoms with E-state index in [1.807, 2.05) is 0 Å². The molecule has 166 valence electrons. The van der Waals surface area contributed by atoms with E-state index in [9.17, 15) is 0 Å². The van der Waals surface area contributed by atoms with Gasteiger partial charge in [0.1, 0.15) is 5.82 Å². The van der Waals surface area contributed by atoms with Gasteiger partial charge in [-0.25, -0.2) is 4.98 Å². The van der Waals surface area contributed by atoms with Gasteiger partial charge in [0.05, 0.1) is 0 Å². The Labute approximate surface area is 190 Å². The second kappa shape index (κ2) is 10.9. The van der Waals surface area contributed by atoms with Crippen molar-refractivity contribution in [3.8, 4) is 11.1 Å². The van der Waals surface area contributed by atoms with E-state index in [1.165, 1.54) is 33.4 Å². The number of aromatic nitrogens is 1. The number of hydrogen-bond donors (Lipinski definition) is 0. The van der Waals surface area contributed by atoms with Crippen LogP contribution in [0.15, 0.2) is 54.6 Å². The van der Waals surface area contributed by atoms with Crippen LogP contribution >= 0.6 is 0 Å². The lowest BCUT2D eigenvalue weighted by atomic mass is 10.0. The summed E-state index contributed by atoms with van der Waals surface area (Å²) in [6.45, 7) is 4.27. The number of aryl methyl sites for hydroxylation is 1. The van der Waals surface area contributed by atoms with Gasteiger partial charge in [-0.05, 0) is 68.7 Å². The number of hydrogen-bond acceptors (Lipinski definition) is 5. The van der Waals surface area contributed by atoms with Gasteiger partial charge in [0.2, 0.25) is 0 Å². The Morgan fingerprint density at radius 1 is 0.938 bits per heavy atom. The first kappa shape index (κ1) is 23.4. The van der Waals surface area contributed by atoms with Gasteiger partial charge in [-0.3, -0.25) is 0 Å². The molecule has 5 nitrogen and oxygen atoms in total. The van der Waals surface area contributed by atoms with Crippen molar-refractivity contribution in [2.75, 3.05) is 39.1 Å². The van der Waals surface area contributed by atoms with Crippen molar-refractivity contribution in [1.29, 1.82) is 0 Å². The number of rotatable bonds is 7. The molecule has 1 aromatic heterocycles. The van der Waals surface area contributed by atoms with Crippen LogP contribution in [0.3, 0.4) is 0 Å². The fourth-order valence-corrected chi connectivity index (χ4v) is 4.29. The van der Waals surface area contributed by atoms with Crippen LogP contribution in [0, 0.1) is 6.92 Å². The summed E-state index contributed by atoms with van der Waals surface area (Å²) in [5.41, 5.74) is 9.35. The van der Waals surface area contributed by atoms with Crippen LogP contribution in [0.25, 0.3) is 11.1 Å². The Morgan fingerprint density at radius 3 is 2.34 bits per heavy atom. The van der Waals surface area contributed by atoms with Crippen LogP contribution in [-0.4, -0.2) is 50.3 Å². The van der Waals surface area contributed by atoms with Crippen molar-refractivity contribution in [1.82, 2.24) is 9.88 Å². The van der Waals surface area contributed by atoms with Gasteiger partial charge in [0, 0.05) is 31.3 Å². The van der Waals surface area contributed by atoms with Gasteiger partial charge in [0.25, 0.3) is 0 Å². The number of benzene rings is 2. The Kier molecular flexibility index (Phi) is 7.93. The highest BCUT2D eigenvalue weighted by Gasteiger charge is 2.25. The summed E-state index contributed by atoms with van der Waals surface area (Å²) in [7, 11) is 6.46. The van der Waals surface area contributed by atoms with Crippen molar-refractivity contribution in [2.24, 2.45) is 0 Å².